The van der Waals surface area contributed by atoms with E-state index in [2.05, 4.69) is 57.5 Å². The van der Waals surface area contributed by atoms with Gasteiger partial charge in [0.1, 0.15) is 8.24 Å². The Morgan fingerprint density at radius 1 is 0.929 bits per heavy atom. The van der Waals surface area contributed by atoms with Gasteiger partial charge in [0.25, 0.3) is 0 Å². The highest BCUT2D eigenvalue weighted by molar-refractivity contribution is 6.79. The minimum atomic E-state index is -1.23. The lowest BCUT2D eigenvalue weighted by Gasteiger charge is -2.23. The molecule has 1 aromatic rings. The van der Waals surface area contributed by atoms with Crippen molar-refractivity contribution in [2.45, 2.75) is 40.4 Å². The smallest absolute Gasteiger partial charge is 0.144 e. The van der Waals surface area contributed by atoms with E-state index in [1.165, 1.54) is 22.4 Å². The molecule has 0 saturated carbocycles. The molecule has 1 nitrogen and oxygen atoms in total. The van der Waals surface area contributed by atoms with Crippen molar-refractivity contribution in [3.63, 3.8) is 0 Å². The summed E-state index contributed by atoms with van der Waals surface area (Å²) in [6.07, 6.45) is 0. The molecular weight excluding hydrogens is 186 g/mol. The zero-order valence-electron chi connectivity index (χ0n) is 10.2. The van der Waals surface area contributed by atoms with Crippen LogP contribution < -0.4 is 4.98 Å². The standard InChI is InChI=1S/C12H21NSi/c1-9-7-10(2)12(11(3)8-9)13-14(4,5)6/h7-8,13H,1-6H3. The first-order chi connectivity index (χ1) is 6.29. The fraction of sp³-hybridized carbons (Fsp3) is 0.500. The van der Waals surface area contributed by atoms with E-state index in [-0.39, 0.29) is 0 Å². The molecule has 0 unspecified atom stereocenters. The summed E-state index contributed by atoms with van der Waals surface area (Å²) in [7, 11) is -1.23. The third-order valence-corrected chi connectivity index (χ3v) is 3.18. The minimum Gasteiger partial charge on any atom is -0.410 e. The maximum atomic E-state index is 3.68. The van der Waals surface area contributed by atoms with E-state index in [1.807, 2.05) is 0 Å². The zero-order valence-corrected chi connectivity index (χ0v) is 11.2. The Kier molecular flexibility index (Phi) is 3.05. The van der Waals surface area contributed by atoms with Crippen LogP contribution in [0.15, 0.2) is 12.1 Å². The highest BCUT2D eigenvalue weighted by Crippen LogP contribution is 2.23. The average Bonchev–Trinajstić information content (AvgIpc) is 1.95. The summed E-state index contributed by atoms with van der Waals surface area (Å²) in [6.45, 7) is 13.5. The van der Waals surface area contributed by atoms with E-state index in [0.29, 0.717) is 0 Å². The molecule has 2 heteroatoms. The van der Waals surface area contributed by atoms with Gasteiger partial charge in [-0.25, -0.2) is 0 Å². The maximum absolute atomic E-state index is 3.68. The highest BCUT2D eigenvalue weighted by atomic mass is 28.3. The van der Waals surface area contributed by atoms with Gasteiger partial charge in [0.05, 0.1) is 0 Å². The molecule has 0 amide bonds. The number of hydrogen-bond acceptors (Lipinski definition) is 1. The summed E-state index contributed by atoms with van der Waals surface area (Å²) in [4.78, 5) is 3.68. The topological polar surface area (TPSA) is 12.0 Å². The number of rotatable bonds is 2. The van der Waals surface area contributed by atoms with Crippen LogP contribution in [0.25, 0.3) is 0 Å². The predicted octanol–water partition coefficient (Wildman–Crippen LogP) is 3.86. The van der Waals surface area contributed by atoms with Gasteiger partial charge in [0, 0.05) is 5.69 Å². The van der Waals surface area contributed by atoms with Crippen LogP contribution in [0, 0.1) is 20.8 Å². The van der Waals surface area contributed by atoms with Gasteiger partial charge in [0.15, 0.2) is 0 Å². The molecule has 0 saturated heterocycles. The molecule has 0 aromatic heterocycles. The van der Waals surface area contributed by atoms with E-state index in [0.717, 1.165) is 0 Å². The van der Waals surface area contributed by atoms with E-state index >= 15 is 0 Å². The van der Waals surface area contributed by atoms with Gasteiger partial charge < -0.3 is 4.98 Å². The van der Waals surface area contributed by atoms with Crippen LogP contribution in [0.1, 0.15) is 16.7 Å². The van der Waals surface area contributed by atoms with Gasteiger partial charge in [-0.2, -0.15) is 0 Å². The molecule has 78 valence electrons. The zero-order chi connectivity index (χ0) is 10.9. The van der Waals surface area contributed by atoms with Crippen molar-refractivity contribution < 1.29 is 0 Å². The summed E-state index contributed by atoms with van der Waals surface area (Å²) in [5.74, 6) is 0. The number of anilines is 1. The fourth-order valence-electron chi connectivity index (χ4n) is 1.75. The summed E-state index contributed by atoms with van der Waals surface area (Å²) >= 11 is 0. The lowest BCUT2D eigenvalue weighted by Crippen LogP contribution is -2.33. The first-order valence-corrected chi connectivity index (χ1v) is 8.65. The summed E-state index contributed by atoms with van der Waals surface area (Å²) in [5.41, 5.74) is 5.42. The van der Waals surface area contributed by atoms with Gasteiger partial charge >= 0.3 is 0 Å². The molecule has 0 aliphatic carbocycles. The Labute approximate surface area is 88.6 Å². The lowest BCUT2D eigenvalue weighted by molar-refractivity contribution is 1.31. The summed E-state index contributed by atoms with van der Waals surface area (Å²) in [5, 5.41) is 0. The first-order valence-electron chi connectivity index (χ1n) is 5.15. The molecule has 1 aromatic carbocycles. The SMILES string of the molecule is Cc1cc(C)c(N[Si](C)(C)C)c(C)c1. The Morgan fingerprint density at radius 2 is 1.36 bits per heavy atom. The lowest BCUT2D eigenvalue weighted by atomic mass is 10.1. The molecular formula is C12H21NSi. The first kappa shape index (κ1) is 11.3. The van der Waals surface area contributed by atoms with E-state index < -0.39 is 8.24 Å². The van der Waals surface area contributed by atoms with E-state index in [9.17, 15) is 0 Å². The van der Waals surface area contributed by atoms with Gasteiger partial charge in [-0.1, -0.05) is 37.3 Å². The van der Waals surface area contributed by atoms with Gasteiger partial charge in [0.2, 0.25) is 0 Å². The molecule has 0 fully saturated rings. The van der Waals surface area contributed by atoms with Crippen LogP contribution in [0.5, 0.6) is 0 Å². The van der Waals surface area contributed by atoms with Crippen molar-refractivity contribution >= 4 is 13.9 Å². The van der Waals surface area contributed by atoms with Crippen molar-refractivity contribution in [1.29, 1.82) is 0 Å². The van der Waals surface area contributed by atoms with Gasteiger partial charge in [-0.05, 0) is 31.9 Å². The second-order valence-corrected chi connectivity index (χ2v) is 9.90. The van der Waals surface area contributed by atoms with Gasteiger partial charge in [-0.15, -0.1) is 0 Å². The van der Waals surface area contributed by atoms with Crippen molar-refractivity contribution in [1.82, 2.24) is 0 Å². The van der Waals surface area contributed by atoms with Crippen LogP contribution in [-0.2, 0) is 0 Å². The van der Waals surface area contributed by atoms with Crippen molar-refractivity contribution in [2.24, 2.45) is 0 Å². The second-order valence-electron chi connectivity index (χ2n) is 5.15. The molecule has 0 aliphatic rings. The molecule has 1 rings (SSSR count). The molecule has 0 atom stereocenters. The molecule has 0 radical (unpaired) electrons. The maximum Gasteiger partial charge on any atom is 0.144 e. The van der Waals surface area contributed by atoms with E-state index in [4.69, 9.17) is 0 Å². The number of benzene rings is 1. The molecule has 14 heavy (non-hydrogen) atoms. The average molecular weight is 207 g/mol. The van der Waals surface area contributed by atoms with Crippen molar-refractivity contribution in [3.05, 3.63) is 28.8 Å². The van der Waals surface area contributed by atoms with Crippen LogP contribution in [0.3, 0.4) is 0 Å². The molecule has 1 N–H and O–H groups in total. The Bertz CT molecular complexity index is 314. The van der Waals surface area contributed by atoms with Crippen LogP contribution in [0.4, 0.5) is 5.69 Å². The van der Waals surface area contributed by atoms with Gasteiger partial charge in [-0.3, -0.25) is 0 Å². The monoisotopic (exact) mass is 207 g/mol. The number of hydrogen-bond donors (Lipinski definition) is 1. The third-order valence-electron chi connectivity index (χ3n) is 2.18. The van der Waals surface area contributed by atoms with Crippen molar-refractivity contribution in [3.8, 4) is 0 Å². The molecule has 0 aliphatic heterocycles. The second kappa shape index (κ2) is 3.77. The fourth-order valence-corrected chi connectivity index (χ4v) is 2.90. The molecule has 0 heterocycles. The minimum absolute atomic E-state index is 1.23. The normalized spacial score (nSPS) is 11.6. The largest absolute Gasteiger partial charge is 0.410 e. The Hall–Kier alpha value is -0.763. The molecule has 0 spiro atoms. The Balaban J connectivity index is 3.09. The third kappa shape index (κ3) is 2.88. The van der Waals surface area contributed by atoms with E-state index in [1.54, 1.807) is 0 Å². The van der Waals surface area contributed by atoms with Crippen molar-refractivity contribution in [2.75, 3.05) is 4.98 Å². The summed E-state index contributed by atoms with van der Waals surface area (Å²) < 4.78 is 0. The highest BCUT2D eigenvalue weighted by Gasteiger charge is 2.15. The Morgan fingerprint density at radius 3 is 1.71 bits per heavy atom. The number of aryl methyl sites for hydroxylation is 3. The number of nitrogens with one attached hydrogen (secondary N) is 1. The van der Waals surface area contributed by atoms with Crippen LogP contribution in [0.2, 0.25) is 19.6 Å². The quantitative estimate of drug-likeness (QED) is 0.726. The predicted molar refractivity (Wildman–Crippen MR) is 67.6 cm³/mol. The summed E-state index contributed by atoms with van der Waals surface area (Å²) in [6, 6.07) is 4.49. The van der Waals surface area contributed by atoms with Crippen LogP contribution in [-0.4, -0.2) is 8.24 Å². The van der Waals surface area contributed by atoms with Crippen LogP contribution >= 0.6 is 0 Å². The molecule has 0 bridgehead atoms.